The fraction of sp³-hybridized carbons (Fsp3) is 0. The maximum atomic E-state index is 2.36. The molecule has 0 nitrogen and oxygen atoms in total. The van der Waals surface area contributed by atoms with E-state index in [4.69, 9.17) is 0 Å². The number of rotatable bonds is 4. The predicted molar refractivity (Wildman–Crippen MR) is 198 cm³/mol. The van der Waals surface area contributed by atoms with Crippen LogP contribution in [0.15, 0.2) is 182 Å². The highest BCUT2D eigenvalue weighted by molar-refractivity contribution is 6.15. The van der Waals surface area contributed by atoms with Gasteiger partial charge in [-0.3, -0.25) is 0 Å². The lowest BCUT2D eigenvalue weighted by Crippen LogP contribution is -1.89. The van der Waals surface area contributed by atoms with E-state index >= 15 is 0 Å². The lowest BCUT2D eigenvalue weighted by molar-refractivity contribution is 1.60. The van der Waals surface area contributed by atoms with Gasteiger partial charge in [-0.05, 0) is 112 Å². The first kappa shape index (κ1) is 26.4. The summed E-state index contributed by atoms with van der Waals surface area (Å²) in [5.74, 6) is 0. The highest BCUT2D eigenvalue weighted by Gasteiger charge is 2.13. The van der Waals surface area contributed by atoms with Gasteiger partial charge in [-0.15, -0.1) is 0 Å². The van der Waals surface area contributed by atoms with E-state index in [1.165, 1.54) is 87.6 Å². The molecule has 0 fully saturated rings. The maximum Gasteiger partial charge on any atom is -0.00928 e. The zero-order chi connectivity index (χ0) is 30.5. The Kier molecular flexibility index (Phi) is 6.25. The van der Waals surface area contributed by atoms with Crippen molar-refractivity contribution < 1.29 is 0 Å². The Hall–Kier alpha value is -5.98. The second-order valence-corrected chi connectivity index (χ2v) is 12.2. The van der Waals surface area contributed by atoms with Gasteiger partial charge in [0, 0.05) is 0 Å². The third-order valence-electron chi connectivity index (χ3n) is 9.44. The predicted octanol–water partition coefficient (Wildman–Crippen LogP) is 13.0. The van der Waals surface area contributed by atoms with Gasteiger partial charge < -0.3 is 0 Å². The standard InChI is InChI=1S/C46H30/c1-2-10-34-27-35(22-21-31(34)9-1)32-17-19-33(20-18-32)36-23-24-38-29-40(26-25-37(38)28-36)42-13-5-6-15-44(42)46-30-39-11-3-4-12-41(39)43-14-7-8-16-45(43)46/h1-30H. The summed E-state index contributed by atoms with van der Waals surface area (Å²) in [6.45, 7) is 0. The van der Waals surface area contributed by atoms with Gasteiger partial charge in [0.25, 0.3) is 0 Å². The molecule has 0 aliphatic heterocycles. The molecule has 0 saturated heterocycles. The van der Waals surface area contributed by atoms with Crippen LogP contribution in [-0.2, 0) is 0 Å². The van der Waals surface area contributed by atoms with E-state index in [-0.39, 0.29) is 0 Å². The lowest BCUT2D eigenvalue weighted by atomic mass is 9.88. The minimum Gasteiger partial charge on any atom is -0.0616 e. The molecule has 9 rings (SSSR count). The maximum absolute atomic E-state index is 2.36. The second kappa shape index (κ2) is 10.9. The van der Waals surface area contributed by atoms with Gasteiger partial charge in [0.15, 0.2) is 0 Å². The molecule has 0 N–H and O–H groups in total. The van der Waals surface area contributed by atoms with Crippen LogP contribution in [0.1, 0.15) is 0 Å². The first-order valence-corrected chi connectivity index (χ1v) is 15.9. The summed E-state index contributed by atoms with van der Waals surface area (Å²) in [4.78, 5) is 0. The fourth-order valence-electron chi connectivity index (χ4n) is 7.06. The molecule has 0 aliphatic rings. The third-order valence-corrected chi connectivity index (χ3v) is 9.44. The number of fused-ring (bicyclic) bond motifs is 5. The summed E-state index contributed by atoms with van der Waals surface area (Å²) in [5.41, 5.74) is 9.94. The Morgan fingerprint density at radius 3 is 1.33 bits per heavy atom. The quantitative estimate of drug-likeness (QED) is 0.181. The van der Waals surface area contributed by atoms with Crippen LogP contribution in [-0.4, -0.2) is 0 Å². The normalized spacial score (nSPS) is 11.5. The van der Waals surface area contributed by atoms with Crippen LogP contribution in [0.3, 0.4) is 0 Å². The monoisotopic (exact) mass is 582 g/mol. The van der Waals surface area contributed by atoms with E-state index in [0.29, 0.717) is 0 Å². The molecule has 0 aromatic heterocycles. The van der Waals surface area contributed by atoms with Crippen molar-refractivity contribution in [2.24, 2.45) is 0 Å². The topological polar surface area (TPSA) is 0 Å². The third kappa shape index (κ3) is 4.55. The van der Waals surface area contributed by atoms with E-state index in [1.807, 2.05) is 0 Å². The average molecular weight is 583 g/mol. The van der Waals surface area contributed by atoms with Crippen molar-refractivity contribution in [2.45, 2.75) is 0 Å². The molecule has 0 bridgehead atoms. The first-order valence-electron chi connectivity index (χ1n) is 15.9. The van der Waals surface area contributed by atoms with Crippen LogP contribution in [0.25, 0.3) is 87.6 Å². The van der Waals surface area contributed by atoms with Crippen molar-refractivity contribution in [2.75, 3.05) is 0 Å². The zero-order valence-corrected chi connectivity index (χ0v) is 25.3. The molecular weight excluding hydrogens is 553 g/mol. The molecular formula is C46H30. The van der Waals surface area contributed by atoms with Gasteiger partial charge in [-0.2, -0.15) is 0 Å². The minimum absolute atomic E-state index is 1.23. The Morgan fingerprint density at radius 1 is 0.196 bits per heavy atom. The van der Waals surface area contributed by atoms with E-state index in [2.05, 4.69) is 182 Å². The molecule has 0 amide bonds. The fourth-order valence-corrected chi connectivity index (χ4v) is 7.06. The molecule has 0 heterocycles. The first-order chi connectivity index (χ1) is 22.8. The minimum atomic E-state index is 1.23. The zero-order valence-electron chi connectivity index (χ0n) is 25.3. The van der Waals surface area contributed by atoms with E-state index < -0.39 is 0 Å². The van der Waals surface area contributed by atoms with E-state index in [1.54, 1.807) is 0 Å². The SMILES string of the molecule is c1ccc(-c2cc3ccccc3c3ccccc23)c(-c2ccc3cc(-c4ccc(-c5ccc6ccccc6c5)cc4)ccc3c2)c1. The second-order valence-electron chi connectivity index (χ2n) is 12.2. The highest BCUT2D eigenvalue weighted by Crippen LogP contribution is 2.40. The summed E-state index contributed by atoms with van der Waals surface area (Å²) >= 11 is 0. The van der Waals surface area contributed by atoms with Gasteiger partial charge >= 0.3 is 0 Å². The summed E-state index contributed by atoms with van der Waals surface area (Å²) in [6, 6.07) is 66.6. The van der Waals surface area contributed by atoms with Crippen molar-refractivity contribution in [1.29, 1.82) is 0 Å². The van der Waals surface area contributed by atoms with Crippen LogP contribution in [0.5, 0.6) is 0 Å². The molecule has 0 saturated carbocycles. The van der Waals surface area contributed by atoms with Gasteiger partial charge in [0.2, 0.25) is 0 Å². The van der Waals surface area contributed by atoms with E-state index in [9.17, 15) is 0 Å². The molecule has 214 valence electrons. The molecule has 0 heteroatoms. The molecule has 0 aliphatic carbocycles. The number of hydrogen-bond donors (Lipinski definition) is 0. The van der Waals surface area contributed by atoms with Crippen LogP contribution >= 0.6 is 0 Å². The number of benzene rings is 9. The van der Waals surface area contributed by atoms with Crippen molar-refractivity contribution >= 4 is 43.1 Å². The average Bonchev–Trinajstić information content (AvgIpc) is 3.14. The van der Waals surface area contributed by atoms with Gasteiger partial charge in [-0.25, -0.2) is 0 Å². The van der Waals surface area contributed by atoms with Gasteiger partial charge in [0.05, 0.1) is 0 Å². The van der Waals surface area contributed by atoms with E-state index in [0.717, 1.165) is 0 Å². The van der Waals surface area contributed by atoms with Crippen molar-refractivity contribution in [3.8, 4) is 44.5 Å². The van der Waals surface area contributed by atoms with Gasteiger partial charge in [-0.1, -0.05) is 158 Å². The Morgan fingerprint density at radius 2 is 0.630 bits per heavy atom. The summed E-state index contributed by atoms with van der Waals surface area (Å²) in [6.07, 6.45) is 0. The summed E-state index contributed by atoms with van der Waals surface area (Å²) in [7, 11) is 0. The Balaban J connectivity index is 1.07. The molecule has 0 radical (unpaired) electrons. The van der Waals surface area contributed by atoms with Crippen LogP contribution in [0.2, 0.25) is 0 Å². The van der Waals surface area contributed by atoms with Crippen LogP contribution in [0, 0.1) is 0 Å². The number of hydrogen-bond acceptors (Lipinski definition) is 0. The smallest absolute Gasteiger partial charge is 0.00928 e. The highest BCUT2D eigenvalue weighted by atomic mass is 14.2. The summed E-state index contributed by atoms with van der Waals surface area (Å²) in [5, 5.41) is 10.2. The molecule has 46 heavy (non-hydrogen) atoms. The van der Waals surface area contributed by atoms with Crippen molar-refractivity contribution in [1.82, 2.24) is 0 Å². The largest absolute Gasteiger partial charge is 0.0616 e. The lowest BCUT2D eigenvalue weighted by Gasteiger charge is -2.15. The molecule has 9 aromatic rings. The Labute approximate surface area is 268 Å². The van der Waals surface area contributed by atoms with Gasteiger partial charge in [0.1, 0.15) is 0 Å². The molecule has 9 aromatic carbocycles. The molecule has 0 spiro atoms. The van der Waals surface area contributed by atoms with Crippen molar-refractivity contribution in [3.63, 3.8) is 0 Å². The van der Waals surface area contributed by atoms with Crippen LogP contribution in [0.4, 0.5) is 0 Å². The van der Waals surface area contributed by atoms with Crippen molar-refractivity contribution in [3.05, 3.63) is 182 Å². The van der Waals surface area contributed by atoms with Crippen LogP contribution < -0.4 is 0 Å². The molecule has 0 unspecified atom stereocenters. The Bertz CT molecular complexity index is 2570. The summed E-state index contributed by atoms with van der Waals surface area (Å²) < 4.78 is 0. The molecule has 0 atom stereocenters.